The Labute approximate surface area is 125 Å². The highest BCUT2D eigenvalue weighted by molar-refractivity contribution is 7.92. The van der Waals surface area contributed by atoms with Crippen LogP contribution < -0.4 is 9.04 Å². The Hall–Kier alpha value is -1.76. The predicted octanol–water partition coefficient (Wildman–Crippen LogP) is 2.35. The summed E-state index contributed by atoms with van der Waals surface area (Å²) >= 11 is 0. The molecule has 1 rings (SSSR count). The number of rotatable bonds is 7. The van der Waals surface area contributed by atoms with Gasteiger partial charge in [-0.3, -0.25) is 4.31 Å². The Bertz CT molecular complexity index is 608. The second-order valence-corrected chi connectivity index (χ2v) is 6.82. The fourth-order valence-electron chi connectivity index (χ4n) is 1.80. The summed E-state index contributed by atoms with van der Waals surface area (Å²) in [5, 5.41) is 9.14. The van der Waals surface area contributed by atoms with Crippen molar-refractivity contribution in [2.75, 3.05) is 17.6 Å². The number of hydrogen-bond donors (Lipinski definition) is 1. The molecule has 0 amide bonds. The minimum Gasteiger partial charge on any atom is -0.490 e. The fourth-order valence-corrected chi connectivity index (χ4v) is 2.28. The second-order valence-electron chi connectivity index (χ2n) is 4.81. The van der Waals surface area contributed by atoms with Gasteiger partial charge in [0, 0.05) is 13.1 Å². The number of carbonyl (C=O) groups is 1. The molecule has 1 aromatic carbocycles. The van der Waals surface area contributed by atoms with Crippen molar-refractivity contribution >= 4 is 21.7 Å². The van der Waals surface area contributed by atoms with Gasteiger partial charge in [-0.15, -0.1) is 0 Å². The zero-order valence-electron chi connectivity index (χ0n) is 12.7. The molecule has 0 aromatic heterocycles. The number of carboxylic acid groups (broad SMARTS) is 1. The van der Waals surface area contributed by atoms with Crippen LogP contribution >= 0.6 is 0 Å². The van der Waals surface area contributed by atoms with E-state index in [1.54, 1.807) is 0 Å². The van der Waals surface area contributed by atoms with E-state index in [2.05, 4.69) is 0 Å². The van der Waals surface area contributed by atoms with E-state index in [9.17, 15) is 13.2 Å². The van der Waals surface area contributed by atoms with Crippen LogP contribution in [-0.4, -0.2) is 38.9 Å². The molecule has 0 aliphatic heterocycles. The summed E-state index contributed by atoms with van der Waals surface area (Å²) in [6.07, 6.45) is 2.59. The van der Waals surface area contributed by atoms with E-state index in [0.717, 1.165) is 23.4 Å². The summed E-state index contributed by atoms with van der Waals surface area (Å²) in [6, 6.07) is 4.25. The van der Waals surface area contributed by atoms with Crippen LogP contribution in [0.3, 0.4) is 0 Å². The molecule has 1 aromatic rings. The maximum absolute atomic E-state index is 11.6. The zero-order chi connectivity index (χ0) is 16.2. The fraction of sp³-hybridized carbons (Fsp3) is 0.500. The first-order valence-electron chi connectivity index (χ1n) is 6.68. The Morgan fingerprint density at radius 2 is 1.86 bits per heavy atom. The van der Waals surface area contributed by atoms with Crippen LogP contribution in [0.2, 0.25) is 0 Å². The van der Waals surface area contributed by atoms with Crippen molar-refractivity contribution < 1.29 is 23.1 Å². The molecule has 0 fully saturated rings. The topological polar surface area (TPSA) is 83.9 Å². The van der Waals surface area contributed by atoms with Crippen molar-refractivity contribution in [3.8, 4) is 5.75 Å². The predicted molar refractivity (Wildman–Crippen MR) is 81.6 cm³/mol. The molecular formula is C14H21NO5S. The standard InChI is InChI=1S/C14H21NO5S/c1-5-12(6-2)20-13-8-10(14(16)17)7-11(9-13)15(3)21(4,18)19/h7-9,12H,5-6H2,1-4H3,(H,16,17). The lowest BCUT2D eigenvalue weighted by atomic mass is 10.1. The van der Waals surface area contributed by atoms with Gasteiger partial charge in [-0.1, -0.05) is 13.8 Å². The van der Waals surface area contributed by atoms with Crippen LogP contribution in [0.1, 0.15) is 37.0 Å². The second kappa shape index (κ2) is 6.80. The van der Waals surface area contributed by atoms with Crippen molar-refractivity contribution in [1.82, 2.24) is 0 Å². The van der Waals surface area contributed by atoms with Gasteiger partial charge in [-0.25, -0.2) is 13.2 Å². The van der Waals surface area contributed by atoms with Crippen LogP contribution in [0.5, 0.6) is 5.75 Å². The summed E-state index contributed by atoms with van der Waals surface area (Å²) in [7, 11) is -2.10. The van der Waals surface area contributed by atoms with Gasteiger partial charge in [0.1, 0.15) is 5.75 Å². The molecule has 0 aliphatic carbocycles. The summed E-state index contributed by atoms with van der Waals surface area (Å²) in [5.74, 6) is -0.776. The van der Waals surface area contributed by atoms with E-state index in [0.29, 0.717) is 5.75 Å². The van der Waals surface area contributed by atoms with Crippen LogP contribution in [-0.2, 0) is 10.0 Å². The van der Waals surface area contributed by atoms with Crippen molar-refractivity contribution in [3.63, 3.8) is 0 Å². The zero-order valence-corrected chi connectivity index (χ0v) is 13.5. The molecule has 1 N–H and O–H groups in total. The molecule has 0 heterocycles. The first-order valence-corrected chi connectivity index (χ1v) is 8.52. The molecule has 0 atom stereocenters. The van der Waals surface area contributed by atoms with Gasteiger partial charge in [0.05, 0.1) is 23.6 Å². The number of hydrogen-bond acceptors (Lipinski definition) is 4. The molecule has 0 radical (unpaired) electrons. The van der Waals surface area contributed by atoms with Gasteiger partial charge < -0.3 is 9.84 Å². The van der Waals surface area contributed by atoms with Crippen molar-refractivity contribution in [2.24, 2.45) is 0 Å². The Morgan fingerprint density at radius 3 is 2.29 bits per heavy atom. The van der Waals surface area contributed by atoms with Gasteiger partial charge in [0.25, 0.3) is 0 Å². The summed E-state index contributed by atoms with van der Waals surface area (Å²) in [4.78, 5) is 11.2. The molecule has 0 bridgehead atoms. The summed E-state index contributed by atoms with van der Waals surface area (Å²) < 4.78 is 29.9. The Balaban J connectivity index is 3.27. The maximum atomic E-state index is 11.6. The Kier molecular flexibility index (Phi) is 5.60. The van der Waals surface area contributed by atoms with E-state index >= 15 is 0 Å². The third-order valence-corrected chi connectivity index (χ3v) is 4.42. The van der Waals surface area contributed by atoms with Gasteiger partial charge in [0.15, 0.2) is 0 Å². The normalized spacial score (nSPS) is 11.5. The van der Waals surface area contributed by atoms with Gasteiger partial charge in [-0.2, -0.15) is 0 Å². The van der Waals surface area contributed by atoms with E-state index in [1.165, 1.54) is 25.2 Å². The lowest BCUT2D eigenvalue weighted by Crippen LogP contribution is -2.25. The molecule has 7 heteroatoms. The van der Waals surface area contributed by atoms with Crippen LogP contribution in [0.15, 0.2) is 18.2 Å². The quantitative estimate of drug-likeness (QED) is 0.835. The Morgan fingerprint density at radius 1 is 1.29 bits per heavy atom. The van der Waals surface area contributed by atoms with E-state index < -0.39 is 16.0 Å². The third kappa shape index (κ3) is 4.63. The van der Waals surface area contributed by atoms with E-state index in [-0.39, 0.29) is 17.4 Å². The molecule has 21 heavy (non-hydrogen) atoms. The minimum absolute atomic E-state index is 0.0102. The van der Waals surface area contributed by atoms with Crippen molar-refractivity contribution in [2.45, 2.75) is 32.8 Å². The molecular weight excluding hydrogens is 294 g/mol. The maximum Gasteiger partial charge on any atom is 0.335 e. The number of benzene rings is 1. The number of carboxylic acids is 1. The lowest BCUT2D eigenvalue weighted by molar-refractivity contribution is 0.0696. The van der Waals surface area contributed by atoms with Crippen molar-refractivity contribution in [1.29, 1.82) is 0 Å². The number of nitrogens with zero attached hydrogens (tertiary/aromatic N) is 1. The highest BCUT2D eigenvalue weighted by Gasteiger charge is 2.17. The highest BCUT2D eigenvalue weighted by Crippen LogP contribution is 2.26. The average molecular weight is 315 g/mol. The smallest absolute Gasteiger partial charge is 0.335 e. The minimum atomic E-state index is -3.47. The molecule has 0 aliphatic rings. The summed E-state index contributed by atoms with van der Waals surface area (Å²) in [5.41, 5.74) is 0.252. The molecule has 0 unspecified atom stereocenters. The molecule has 0 saturated heterocycles. The number of ether oxygens (including phenoxy) is 1. The molecule has 118 valence electrons. The third-order valence-electron chi connectivity index (χ3n) is 3.21. The highest BCUT2D eigenvalue weighted by atomic mass is 32.2. The lowest BCUT2D eigenvalue weighted by Gasteiger charge is -2.20. The largest absolute Gasteiger partial charge is 0.490 e. The van der Waals surface area contributed by atoms with Crippen molar-refractivity contribution in [3.05, 3.63) is 23.8 Å². The van der Waals surface area contributed by atoms with Gasteiger partial charge in [-0.05, 0) is 25.0 Å². The van der Waals surface area contributed by atoms with Gasteiger partial charge in [0.2, 0.25) is 10.0 Å². The van der Waals surface area contributed by atoms with E-state index in [1.807, 2.05) is 13.8 Å². The number of anilines is 1. The molecule has 0 saturated carbocycles. The molecule has 6 nitrogen and oxygen atoms in total. The number of sulfonamides is 1. The van der Waals surface area contributed by atoms with Gasteiger partial charge >= 0.3 is 5.97 Å². The van der Waals surface area contributed by atoms with Crippen LogP contribution in [0, 0.1) is 0 Å². The first-order chi connectivity index (χ1) is 9.68. The SMILES string of the molecule is CCC(CC)Oc1cc(C(=O)O)cc(N(C)S(C)(=O)=O)c1. The van der Waals surface area contributed by atoms with E-state index in [4.69, 9.17) is 9.84 Å². The van der Waals surface area contributed by atoms with Crippen LogP contribution in [0.4, 0.5) is 5.69 Å². The first kappa shape index (κ1) is 17.3. The summed E-state index contributed by atoms with van der Waals surface area (Å²) in [6.45, 7) is 3.94. The average Bonchev–Trinajstić information content (AvgIpc) is 2.42. The molecule has 0 spiro atoms. The monoisotopic (exact) mass is 315 g/mol. The number of aromatic carboxylic acids is 1. The van der Waals surface area contributed by atoms with Crippen LogP contribution in [0.25, 0.3) is 0 Å².